The quantitative estimate of drug-likeness (QED) is 0.531. The number of rotatable bonds is 6. The summed E-state index contributed by atoms with van der Waals surface area (Å²) in [6, 6.07) is 16.0. The number of carboxylic acids is 1. The van der Waals surface area contributed by atoms with E-state index in [1.165, 1.54) is 25.6 Å². The van der Waals surface area contributed by atoms with Crippen molar-refractivity contribution in [1.82, 2.24) is 15.1 Å². The average molecular weight is 448 g/mol. The predicted octanol–water partition coefficient (Wildman–Crippen LogP) is 3.37. The minimum Gasteiger partial charge on any atom is -0.477 e. The van der Waals surface area contributed by atoms with Crippen LogP contribution in [0.5, 0.6) is 0 Å². The summed E-state index contributed by atoms with van der Waals surface area (Å²) in [5.41, 5.74) is 2.88. The standard InChI is InChI=1S/C24H24N4O5/c1-24(2,22(31)26-20-18(21(29)30)12-25-28(20)3)27-23(32)33-13-19-16-10-6-4-8-14(16)15-9-5-7-11-17(15)19/h4-12,19H,13H2,1-3H3,(H,26,31)(H,27,32)(H,29,30). The third kappa shape index (κ3) is 4.17. The third-order valence-electron chi connectivity index (χ3n) is 5.73. The van der Waals surface area contributed by atoms with Crippen molar-refractivity contribution < 1.29 is 24.2 Å². The molecule has 1 aromatic heterocycles. The van der Waals surface area contributed by atoms with E-state index in [-0.39, 0.29) is 23.9 Å². The molecule has 9 nitrogen and oxygen atoms in total. The molecule has 3 N–H and O–H groups in total. The Morgan fingerprint density at radius 2 is 1.64 bits per heavy atom. The number of carbonyl (C=O) groups excluding carboxylic acids is 2. The average Bonchev–Trinajstić information content (AvgIpc) is 3.30. The minimum atomic E-state index is -1.37. The second-order valence-electron chi connectivity index (χ2n) is 8.37. The molecule has 0 atom stereocenters. The number of alkyl carbamates (subject to hydrolysis) is 1. The molecule has 0 saturated heterocycles. The highest BCUT2D eigenvalue weighted by molar-refractivity contribution is 6.03. The number of fused-ring (bicyclic) bond motifs is 3. The van der Waals surface area contributed by atoms with E-state index in [0.29, 0.717) is 0 Å². The highest BCUT2D eigenvalue weighted by Crippen LogP contribution is 2.44. The van der Waals surface area contributed by atoms with Crippen molar-refractivity contribution >= 4 is 23.8 Å². The molecule has 2 amide bonds. The Bertz CT molecular complexity index is 1200. The van der Waals surface area contributed by atoms with Crippen LogP contribution >= 0.6 is 0 Å². The monoisotopic (exact) mass is 448 g/mol. The van der Waals surface area contributed by atoms with Gasteiger partial charge in [0, 0.05) is 13.0 Å². The van der Waals surface area contributed by atoms with E-state index in [2.05, 4.69) is 15.7 Å². The predicted molar refractivity (Wildman–Crippen MR) is 121 cm³/mol. The molecule has 0 aliphatic heterocycles. The molecule has 1 aliphatic rings. The van der Waals surface area contributed by atoms with E-state index in [4.69, 9.17) is 4.74 Å². The summed E-state index contributed by atoms with van der Waals surface area (Å²) in [7, 11) is 1.51. The smallest absolute Gasteiger partial charge is 0.408 e. The first-order valence-corrected chi connectivity index (χ1v) is 10.4. The number of amides is 2. The number of aromatic nitrogens is 2. The first kappa shape index (κ1) is 22.1. The molecular formula is C24H24N4O5. The SMILES string of the molecule is Cn1ncc(C(=O)O)c1NC(=O)C(C)(C)NC(=O)OCC1c2ccccc2-c2ccccc21. The Morgan fingerprint density at radius 3 is 2.21 bits per heavy atom. The number of nitrogens with one attached hydrogen (secondary N) is 2. The van der Waals surface area contributed by atoms with Crippen LogP contribution in [-0.2, 0) is 16.6 Å². The molecule has 0 radical (unpaired) electrons. The molecule has 2 aromatic carbocycles. The molecule has 4 rings (SSSR count). The molecule has 0 fully saturated rings. The molecule has 3 aromatic rings. The lowest BCUT2D eigenvalue weighted by Crippen LogP contribution is -2.52. The molecule has 0 saturated carbocycles. The number of benzene rings is 2. The number of anilines is 1. The van der Waals surface area contributed by atoms with Crippen LogP contribution in [0, 0.1) is 0 Å². The molecule has 9 heteroatoms. The maximum Gasteiger partial charge on any atom is 0.408 e. The fourth-order valence-corrected chi connectivity index (χ4v) is 3.95. The van der Waals surface area contributed by atoms with Gasteiger partial charge in [-0.25, -0.2) is 9.59 Å². The summed E-state index contributed by atoms with van der Waals surface area (Å²) in [5, 5.41) is 18.2. The van der Waals surface area contributed by atoms with Gasteiger partial charge in [0.25, 0.3) is 5.91 Å². The van der Waals surface area contributed by atoms with Gasteiger partial charge in [-0.2, -0.15) is 5.10 Å². The summed E-state index contributed by atoms with van der Waals surface area (Å²) in [6.07, 6.45) is 0.393. The van der Waals surface area contributed by atoms with Crippen LogP contribution in [0.25, 0.3) is 11.1 Å². The second kappa shape index (κ2) is 8.42. The van der Waals surface area contributed by atoms with Gasteiger partial charge in [-0.3, -0.25) is 9.48 Å². The molecule has 170 valence electrons. The van der Waals surface area contributed by atoms with Crippen LogP contribution in [-0.4, -0.2) is 45.0 Å². The molecule has 33 heavy (non-hydrogen) atoms. The normalized spacial score (nSPS) is 12.6. The van der Waals surface area contributed by atoms with Gasteiger partial charge in [0.1, 0.15) is 23.5 Å². The van der Waals surface area contributed by atoms with E-state index in [1.54, 1.807) is 0 Å². The summed E-state index contributed by atoms with van der Waals surface area (Å²) in [5.74, 6) is -1.91. The van der Waals surface area contributed by atoms with Gasteiger partial charge >= 0.3 is 12.1 Å². The lowest BCUT2D eigenvalue weighted by Gasteiger charge is -2.25. The van der Waals surface area contributed by atoms with Crippen LogP contribution in [0.1, 0.15) is 41.3 Å². The molecule has 0 spiro atoms. The zero-order valence-corrected chi connectivity index (χ0v) is 18.5. The van der Waals surface area contributed by atoms with Crippen molar-refractivity contribution in [3.05, 3.63) is 71.4 Å². The zero-order valence-electron chi connectivity index (χ0n) is 18.5. The van der Waals surface area contributed by atoms with Crippen molar-refractivity contribution in [1.29, 1.82) is 0 Å². The fourth-order valence-electron chi connectivity index (χ4n) is 3.95. The van der Waals surface area contributed by atoms with Crippen molar-refractivity contribution in [2.45, 2.75) is 25.3 Å². The van der Waals surface area contributed by atoms with Crippen LogP contribution in [0.15, 0.2) is 54.7 Å². The highest BCUT2D eigenvalue weighted by Gasteiger charge is 2.33. The fraction of sp³-hybridized carbons (Fsp3) is 0.250. The van der Waals surface area contributed by atoms with Gasteiger partial charge in [0.2, 0.25) is 0 Å². The number of hydrogen-bond donors (Lipinski definition) is 3. The number of aryl methyl sites for hydroxylation is 1. The van der Waals surface area contributed by atoms with E-state index < -0.39 is 23.5 Å². The Hall–Kier alpha value is -4.14. The summed E-state index contributed by atoms with van der Waals surface area (Å²) < 4.78 is 6.75. The number of nitrogens with zero attached hydrogens (tertiary/aromatic N) is 2. The summed E-state index contributed by atoms with van der Waals surface area (Å²) in [6.45, 7) is 3.11. The summed E-state index contributed by atoms with van der Waals surface area (Å²) >= 11 is 0. The molecule has 0 bridgehead atoms. The van der Waals surface area contributed by atoms with E-state index in [0.717, 1.165) is 28.5 Å². The van der Waals surface area contributed by atoms with E-state index in [1.807, 2.05) is 48.5 Å². The molecular weight excluding hydrogens is 424 g/mol. The van der Waals surface area contributed by atoms with Crippen molar-refractivity contribution in [3.8, 4) is 11.1 Å². The third-order valence-corrected chi connectivity index (χ3v) is 5.73. The van der Waals surface area contributed by atoms with E-state index >= 15 is 0 Å². The van der Waals surface area contributed by atoms with Gasteiger partial charge in [0.15, 0.2) is 0 Å². The lowest BCUT2D eigenvalue weighted by atomic mass is 9.98. The number of carboxylic acid groups (broad SMARTS) is 1. The number of ether oxygens (including phenoxy) is 1. The first-order valence-electron chi connectivity index (χ1n) is 10.4. The molecule has 0 unspecified atom stereocenters. The maximum absolute atomic E-state index is 12.8. The van der Waals surface area contributed by atoms with Crippen LogP contribution in [0.4, 0.5) is 10.6 Å². The van der Waals surface area contributed by atoms with E-state index in [9.17, 15) is 19.5 Å². The number of hydrogen-bond acceptors (Lipinski definition) is 5. The minimum absolute atomic E-state index is 0.0231. The van der Waals surface area contributed by atoms with Crippen molar-refractivity contribution in [2.24, 2.45) is 7.05 Å². The Labute approximate surface area is 190 Å². The Balaban J connectivity index is 1.42. The largest absolute Gasteiger partial charge is 0.477 e. The van der Waals surface area contributed by atoms with Crippen LogP contribution < -0.4 is 10.6 Å². The summed E-state index contributed by atoms with van der Waals surface area (Å²) in [4.78, 5) is 36.7. The highest BCUT2D eigenvalue weighted by atomic mass is 16.5. The maximum atomic E-state index is 12.8. The second-order valence-corrected chi connectivity index (χ2v) is 8.37. The Morgan fingerprint density at radius 1 is 1.06 bits per heavy atom. The van der Waals surface area contributed by atoms with Gasteiger partial charge in [0.05, 0.1) is 6.20 Å². The number of carbonyl (C=O) groups is 3. The topological polar surface area (TPSA) is 123 Å². The van der Waals surface area contributed by atoms with Crippen LogP contribution in [0.3, 0.4) is 0 Å². The molecule has 1 aliphatic carbocycles. The van der Waals surface area contributed by atoms with Gasteiger partial charge < -0.3 is 20.5 Å². The van der Waals surface area contributed by atoms with Gasteiger partial charge in [-0.15, -0.1) is 0 Å². The van der Waals surface area contributed by atoms with Gasteiger partial charge in [-0.1, -0.05) is 48.5 Å². The van der Waals surface area contributed by atoms with Crippen molar-refractivity contribution in [2.75, 3.05) is 11.9 Å². The van der Waals surface area contributed by atoms with Crippen molar-refractivity contribution in [3.63, 3.8) is 0 Å². The first-order chi connectivity index (χ1) is 15.7. The Kier molecular flexibility index (Phi) is 5.63. The van der Waals surface area contributed by atoms with Crippen LogP contribution in [0.2, 0.25) is 0 Å². The number of aromatic carboxylic acids is 1. The van der Waals surface area contributed by atoms with Gasteiger partial charge in [-0.05, 0) is 36.1 Å². The lowest BCUT2D eigenvalue weighted by molar-refractivity contribution is -0.121. The zero-order chi connectivity index (χ0) is 23.8. The molecule has 1 heterocycles.